The van der Waals surface area contributed by atoms with Crippen molar-refractivity contribution in [3.8, 4) is 10.4 Å². The minimum atomic E-state index is 0.0458. The fourth-order valence-electron chi connectivity index (χ4n) is 3.57. The highest BCUT2D eigenvalue weighted by Crippen LogP contribution is 2.30. The minimum Gasteiger partial charge on any atom is -0.351 e. The van der Waals surface area contributed by atoms with Gasteiger partial charge in [-0.15, -0.1) is 11.3 Å². The highest BCUT2D eigenvalue weighted by Gasteiger charge is 2.20. The molecule has 5 heteroatoms. The zero-order chi connectivity index (χ0) is 16.5. The van der Waals surface area contributed by atoms with Gasteiger partial charge in [0.1, 0.15) is 0 Å². The molecular formula is C19H21N3OS. The van der Waals surface area contributed by atoms with E-state index < -0.39 is 0 Å². The van der Waals surface area contributed by atoms with Crippen LogP contribution in [0.15, 0.2) is 36.1 Å². The third-order valence-corrected chi connectivity index (χ3v) is 5.73. The topological polar surface area (TPSA) is 46.9 Å². The van der Waals surface area contributed by atoms with Crippen LogP contribution < -0.4 is 5.32 Å². The van der Waals surface area contributed by atoms with E-state index in [0.29, 0.717) is 6.04 Å². The molecule has 1 N–H and O–H groups in total. The van der Waals surface area contributed by atoms with Gasteiger partial charge in [-0.3, -0.25) is 9.78 Å². The quantitative estimate of drug-likeness (QED) is 0.770. The number of amides is 1. The lowest BCUT2D eigenvalue weighted by Crippen LogP contribution is -2.36. The average molecular weight is 339 g/mol. The normalized spacial score (nSPS) is 15.7. The van der Waals surface area contributed by atoms with E-state index in [0.717, 1.165) is 39.7 Å². The molecule has 1 saturated carbocycles. The van der Waals surface area contributed by atoms with Crippen LogP contribution in [0, 0.1) is 0 Å². The summed E-state index contributed by atoms with van der Waals surface area (Å²) in [5.74, 6) is 0.0458. The molecule has 4 nitrogen and oxygen atoms in total. The number of benzene rings is 1. The van der Waals surface area contributed by atoms with Gasteiger partial charge in [0.25, 0.3) is 5.91 Å². The molecule has 1 aliphatic carbocycles. The van der Waals surface area contributed by atoms with Crippen molar-refractivity contribution < 1.29 is 4.79 Å². The molecule has 0 aliphatic heterocycles. The lowest BCUT2D eigenvalue weighted by atomic mass is 9.95. The fourth-order valence-corrected chi connectivity index (χ4v) is 4.18. The maximum absolute atomic E-state index is 12.9. The van der Waals surface area contributed by atoms with Gasteiger partial charge in [-0.05, 0) is 36.6 Å². The van der Waals surface area contributed by atoms with E-state index in [1.807, 2.05) is 37.1 Å². The number of nitrogens with one attached hydrogen (secondary N) is 1. The summed E-state index contributed by atoms with van der Waals surface area (Å²) in [6.45, 7) is 0. The van der Waals surface area contributed by atoms with E-state index in [1.54, 1.807) is 11.3 Å². The van der Waals surface area contributed by atoms with Gasteiger partial charge in [0, 0.05) is 41.9 Å². The fraction of sp³-hybridized carbons (Fsp3) is 0.368. The highest BCUT2D eigenvalue weighted by atomic mass is 32.1. The van der Waals surface area contributed by atoms with Crippen molar-refractivity contribution >= 4 is 28.1 Å². The number of aromatic nitrogens is 2. The molecule has 24 heavy (non-hydrogen) atoms. The van der Waals surface area contributed by atoms with Crippen LogP contribution in [0.2, 0.25) is 0 Å². The van der Waals surface area contributed by atoms with Crippen LogP contribution in [0.3, 0.4) is 0 Å². The Balaban J connectivity index is 1.74. The van der Waals surface area contributed by atoms with Gasteiger partial charge in [-0.1, -0.05) is 19.3 Å². The zero-order valence-electron chi connectivity index (χ0n) is 13.8. The van der Waals surface area contributed by atoms with E-state index in [9.17, 15) is 4.79 Å². The van der Waals surface area contributed by atoms with Crippen molar-refractivity contribution in [3.05, 3.63) is 41.7 Å². The van der Waals surface area contributed by atoms with E-state index >= 15 is 0 Å². The van der Waals surface area contributed by atoms with Crippen LogP contribution in [-0.2, 0) is 7.05 Å². The molecule has 0 spiro atoms. The van der Waals surface area contributed by atoms with Gasteiger partial charge in [0.15, 0.2) is 0 Å². The van der Waals surface area contributed by atoms with Crippen molar-refractivity contribution in [3.63, 3.8) is 0 Å². The van der Waals surface area contributed by atoms with Crippen molar-refractivity contribution in [2.24, 2.45) is 7.05 Å². The maximum Gasteiger partial charge on any atom is 0.252 e. The van der Waals surface area contributed by atoms with Crippen LogP contribution in [-0.4, -0.2) is 21.5 Å². The van der Waals surface area contributed by atoms with E-state index in [-0.39, 0.29) is 5.91 Å². The molecule has 1 aromatic carbocycles. The monoisotopic (exact) mass is 339 g/mol. The van der Waals surface area contributed by atoms with Gasteiger partial charge in [-0.25, -0.2) is 0 Å². The number of thiazole rings is 1. The van der Waals surface area contributed by atoms with Crippen LogP contribution in [0.5, 0.6) is 0 Å². The molecule has 124 valence electrons. The highest BCUT2D eigenvalue weighted by molar-refractivity contribution is 7.13. The molecular weight excluding hydrogens is 318 g/mol. The second-order valence-corrected chi connectivity index (χ2v) is 7.44. The first-order valence-corrected chi connectivity index (χ1v) is 9.39. The van der Waals surface area contributed by atoms with Gasteiger partial charge < -0.3 is 9.88 Å². The molecule has 1 fully saturated rings. The zero-order valence-corrected chi connectivity index (χ0v) is 14.6. The largest absolute Gasteiger partial charge is 0.351 e. The third kappa shape index (κ3) is 2.84. The Bertz CT molecular complexity index is 860. The summed E-state index contributed by atoms with van der Waals surface area (Å²) in [5, 5.41) is 4.26. The molecule has 0 bridgehead atoms. The number of fused-ring (bicyclic) bond motifs is 1. The van der Waals surface area contributed by atoms with Gasteiger partial charge in [0.2, 0.25) is 0 Å². The van der Waals surface area contributed by atoms with Gasteiger partial charge in [-0.2, -0.15) is 0 Å². The molecule has 2 aromatic heterocycles. The molecule has 0 saturated heterocycles. The number of carbonyl (C=O) groups excluding carboxylic acids is 1. The van der Waals surface area contributed by atoms with Crippen LogP contribution in [0.25, 0.3) is 21.3 Å². The third-order valence-electron chi connectivity index (χ3n) is 4.90. The summed E-state index contributed by atoms with van der Waals surface area (Å²) in [7, 11) is 2.02. The predicted molar refractivity (Wildman–Crippen MR) is 98.4 cm³/mol. The number of carbonyl (C=O) groups is 1. The van der Waals surface area contributed by atoms with Crippen LogP contribution >= 0.6 is 11.3 Å². The second kappa shape index (κ2) is 6.40. The number of rotatable bonds is 3. The smallest absolute Gasteiger partial charge is 0.252 e. The summed E-state index contributed by atoms with van der Waals surface area (Å²) in [5.41, 5.74) is 4.73. The lowest BCUT2D eigenvalue weighted by Gasteiger charge is -2.23. The Morgan fingerprint density at radius 3 is 2.88 bits per heavy atom. The number of nitrogens with zero attached hydrogens (tertiary/aromatic N) is 2. The van der Waals surface area contributed by atoms with Crippen molar-refractivity contribution in [1.82, 2.24) is 14.9 Å². The molecule has 0 atom stereocenters. The Kier molecular flexibility index (Phi) is 4.10. The summed E-state index contributed by atoms with van der Waals surface area (Å²) in [6.07, 6.45) is 9.78. The SMILES string of the molecule is Cn1ccc2c(C(=O)NC3CCCCC3)cc(-c3cncs3)cc21. The molecule has 0 unspecified atom stereocenters. The first-order chi connectivity index (χ1) is 11.7. The number of hydrogen-bond acceptors (Lipinski definition) is 3. The van der Waals surface area contributed by atoms with Crippen molar-refractivity contribution in [2.75, 3.05) is 0 Å². The predicted octanol–water partition coefficient (Wildman–Crippen LogP) is 4.36. The summed E-state index contributed by atoms with van der Waals surface area (Å²) in [4.78, 5) is 18.2. The van der Waals surface area contributed by atoms with E-state index in [1.165, 1.54) is 19.3 Å². The van der Waals surface area contributed by atoms with E-state index in [2.05, 4.69) is 20.9 Å². The van der Waals surface area contributed by atoms with Crippen molar-refractivity contribution in [1.29, 1.82) is 0 Å². The Morgan fingerprint density at radius 1 is 1.29 bits per heavy atom. The molecule has 3 aromatic rings. The summed E-state index contributed by atoms with van der Waals surface area (Å²) < 4.78 is 2.07. The summed E-state index contributed by atoms with van der Waals surface area (Å²) >= 11 is 1.60. The standard InChI is InChI=1S/C19H21N3OS/c1-22-8-7-15-16(19(23)21-14-5-3-2-4-6-14)9-13(10-17(15)22)18-11-20-12-24-18/h7-12,14H,2-6H2,1H3,(H,21,23). The maximum atomic E-state index is 12.9. The average Bonchev–Trinajstić information content (AvgIpc) is 3.25. The first kappa shape index (κ1) is 15.4. The number of hydrogen-bond donors (Lipinski definition) is 1. The lowest BCUT2D eigenvalue weighted by molar-refractivity contribution is 0.0929. The molecule has 1 amide bonds. The van der Waals surface area contributed by atoms with Crippen LogP contribution in [0.4, 0.5) is 0 Å². The Labute approximate surface area is 145 Å². The minimum absolute atomic E-state index is 0.0458. The molecule has 0 radical (unpaired) electrons. The molecule has 1 aliphatic rings. The Morgan fingerprint density at radius 2 is 2.12 bits per heavy atom. The number of aryl methyl sites for hydroxylation is 1. The van der Waals surface area contributed by atoms with Crippen molar-refractivity contribution in [2.45, 2.75) is 38.1 Å². The second-order valence-electron chi connectivity index (χ2n) is 6.56. The van der Waals surface area contributed by atoms with Crippen LogP contribution in [0.1, 0.15) is 42.5 Å². The van der Waals surface area contributed by atoms with Gasteiger partial charge >= 0.3 is 0 Å². The van der Waals surface area contributed by atoms with E-state index in [4.69, 9.17) is 0 Å². The molecule has 2 heterocycles. The summed E-state index contributed by atoms with van der Waals surface area (Å²) in [6, 6.07) is 6.49. The first-order valence-electron chi connectivity index (χ1n) is 8.51. The Hall–Kier alpha value is -2.14. The van der Waals surface area contributed by atoms with Gasteiger partial charge in [0.05, 0.1) is 10.4 Å². The molecule has 4 rings (SSSR count).